The predicted molar refractivity (Wildman–Crippen MR) is 160 cm³/mol. The molecule has 0 bridgehead atoms. The van der Waals surface area contributed by atoms with Gasteiger partial charge in [0.05, 0.1) is 23.7 Å². The second kappa shape index (κ2) is 13.0. The van der Waals surface area contributed by atoms with E-state index < -0.39 is 0 Å². The lowest BCUT2D eigenvalue weighted by Crippen LogP contribution is -2.35. The van der Waals surface area contributed by atoms with Crippen molar-refractivity contribution in [3.8, 4) is 11.5 Å². The molecular formula is C35H30ClNO3. The molecule has 0 atom stereocenters. The van der Waals surface area contributed by atoms with Crippen LogP contribution in [0, 0.1) is 0 Å². The molecule has 0 unspecified atom stereocenters. The highest BCUT2D eigenvalue weighted by Crippen LogP contribution is 2.35. The number of benzene rings is 5. The van der Waals surface area contributed by atoms with Gasteiger partial charge in [-0.1, -0.05) is 121 Å². The van der Waals surface area contributed by atoms with Crippen molar-refractivity contribution in [2.24, 2.45) is 0 Å². The normalized spacial score (nSPS) is 10.8. The van der Waals surface area contributed by atoms with Crippen LogP contribution in [-0.4, -0.2) is 17.9 Å². The minimum atomic E-state index is -0.342. The summed E-state index contributed by atoms with van der Waals surface area (Å²) in [7, 11) is 1.62. The number of methoxy groups -OCH3 is 1. The molecule has 0 aliphatic rings. The van der Waals surface area contributed by atoms with Crippen LogP contribution in [0.15, 0.2) is 133 Å². The summed E-state index contributed by atoms with van der Waals surface area (Å²) in [4.78, 5) is 16.1. The van der Waals surface area contributed by atoms with E-state index in [2.05, 4.69) is 0 Å². The first-order valence-corrected chi connectivity index (χ1v) is 13.5. The van der Waals surface area contributed by atoms with Crippen LogP contribution in [0.3, 0.4) is 0 Å². The van der Waals surface area contributed by atoms with E-state index in [4.69, 9.17) is 21.1 Å². The summed E-state index contributed by atoms with van der Waals surface area (Å²) in [5.41, 5.74) is 4.43. The van der Waals surface area contributed by atoms with Crippen molar-refractivity contribution in [2.45, 2.75) is 19.2 Å². The minimum Gasteiger partial charge on any atom is -0.493 e. The van der Waals surface area contributed by atoms with Crippen molar-refractivity contribution in [1.29, 1.82) is 0 Å². The number of carbonyl (C=O) groups is 1. The van der Waals surface area contributed by atoms with Crippen molar-refractivity contribution >= 4 is 17.5 Å². The SMILES string of the molecule is COc1cc(CN(C(=O)c2ccccc2Cl)C(c2ccccc2)c2ccccc2)ccc1OCc1ccccc1. The first-order valence-electron chi connectivity index (χ1n) is 13.1. The Bertz CT molecular complexity index is 1500. The summed E-state index contributed by atoms with van der Waals surface area (Å²) in [5, 5.41) is 0.416. The molecule has 0 aromatic heterocycles. The number of halogens is 1. The fourth-order valence-corrected chi connectivity index (χ4v) is 4.97. The lowest BCUT2D eigenvalue weighted by Gasteiger charge is -2.33. The summed E-state index contributed by atoms with van der Waals surface area (Å²) in [6, 6.07) is 42.7. The van der Waals surface area contributed by atoms with Gasteiger partial charge in [0.1, 0.15) is 6.61 Å². The highest BCUT2D eigenvalue weighted by atomic mass is 35.5. The van der Waals surface area contributed by atoms with Crippen molar-refractivity contribution in [3.63, 3.8) is 0 Å². The average molecular weight is 548 g/mol. The van der Waals surface area contributed by atoms with Gasteiger partial charge in [-0.25, -0.2) is 0 Å². The fourth-order valence-electron chi connectivity index (χ4n) is 4.75. The number of hydrogen-bond acceptors (Lipinski definition) is 3. The van der Waals surface area contributed by atoms with Crippen molar-refractivity contribution in [2.75, 3.05) is 7.11 Å². The third-order valence-corrected chi connectivity index (χ3v) is 7.06. The fraction of sp³-hybridized carbons (Fsp3) is 0.114. The highest BCUT2D eigenvalue weighted by Gasteiger charge is 2.29. The van der Waals surface area contributed by atoms with E-state index in [0.29, 0.717) is 35.2 Å². The Morgan fingerprint density at radius 3 is 1.88 bits per heavy atom. The maximum absolute atomic E-state index is 14.2. The van der Waals surface area contributed by atoms with E-state index >= 15 is 0 Å². The van der Waals surface area contributed by atoms with Crippen LogP contribution in [0.1, 0.15) is 38.7 Å². The van der Waals surface area contributed by atoms with E-state index in [1.165, 1.54) is 0 Å². The largest absolute Gasteiger partial charge is 0.493 e. The van der Waals surface area contributed by atoms with Crippen LogP contribution in [0.2, 0.25) is 5.02 Å². The molecule has 5 aromatic rings. The van der Waals surface area contributed by atoms with E-state index in [0.717, 1.165) is 22.3 Å². The van der Waals surface area contributed by atoms with E-state index in [9.17, 15) is 4.79 Å². The van der Waals surface area contributed by atoms with Gasteiger partial charge in [0, 0.05) is 6.54 Å². The van der Waals surface area contributed by atoms with Crippen LogP contribution < -0.4 is 9.47 Å². The van der Waals surface area contributed by atoms with Gasteiger partial charge in [-0.2, -0.15) is 0 Å². The Labute approximate surface area is 240 Å². The van der Waals surface area contributed by atoms with Gasteiger partial charge in [0.2, 0.25) is 0 Å². The third kappa shape index (κ3) is 6.36. The molecule has 0 radical (unpaired) electrons. The molecule has 0 aliphatic heterocycles. The minimum absolute atomic E-state index is 0.160. The van der Waals surface area contributed by atoms with Gasteiger partial charge in [-0.3, -0.25) is 4.79 Å². The van der Waals surface area contributed by atoms with Gasteiger partial charge >= 0.3 is 0 Å². The molecule has 0 aliphatic carbocycles. The summed E-state index contributed by atoms with van der Waals surface area (Å²) < 4.78 is 11.8. The maximum Gasteiger partial charge on any atom is 0.256 e. The Balaban J connectivity index is 1.53. The zero-order valence-electron chi connectivity index (χ0n) is 22.2. The topological polar surface area (TPSA) is 38.8 Å². The predicted octanol–water partition coefficient (Wildman–Crippen LogP) is 8.36. The molecule has 40 heavy (non-hydrogen) atoms. The Kier molecular flexibility index (Phi) is 8.79. The van der Waals surface area contributed by atoms with Gasteiger partial charge < -0.3 is 14.4 Å². The summed E-state index contributed by atoms with van der Waals surface area (Å²) >= 11 is 6.53. The highest BCUT2D eigenvalue weighted by molar-refractivity contribution is 6.33. The Morgan fingerprint density at radius 2 is 1.27 bits per heavy atom. The molecule has 5 heteroatoms. The second-order valence-corrected chi connectivity index (χ2v) is 9.80. The molecule has 4 nitrogen and oxygen atoms in total. The molecule has 1 amide bonds. The number of rotatable bonds is 10. The van der Waals surface area contributed by atoms with Crippen LogP contribution in [-0.2, 0) is 13.2 Å². The molecule has 5 aromatic carbocycles. The van der Waals surface area contributed by atoms with Gasteiger partial charge in [0.25, 0.3) is 5.91 Å². The van der Waals surface area contributed by atoms with Crippen LogP contribution >= 0.6 is 11.6 Å². The summed E-state index contributed by atoms with van der Waals surface area (Å²) in [5.74, 6) is 1.09. The smallest absolute Gasteiger partial charge is 0.256 e. The Hall–Kier alpha value is -4.54. The lowest BCUT2D eigenvalue weighted by atomic mass is 9.95. The number of hydrogen-bond donors (Lipinski definition) is 0. The number of ether oxygens (including phenoxy) is 2. The second-order valence-electron chi connectivity index (χ2n) is 9.40. The molecule has 0 saturated heterocycles. The third-order valence-electron chi connectivity index (χ3n) is 6.73. The van der Waals surface area contributed by atoms with Gasteiger partial charge in [0.15, 0.2) is 11.5 Å². The van der Waals surface area contributed by atoms with Crippen LogP contribution in [0.25, 0.3) is 0 Å². The molecule has 0 N–H and O–H groups in total. The summed E-state index contributed by atoms with van der Waals surface area (Å²) in [6.07, 6.45) is 0. The molecule has 0 spiro atoms. The first-order chi connectivity index (χ1) is 19.6. The van der Waals surface area contributed by atoms with Gasteiger partial charge in [-0.15, -0.1) is 0 Å². The van der Waals surface area contributed by atoms with Crippen LogP contribution in [0.4, 0.5) is 0 Å². The monoisotopic (exact) mass is 547 g/mol. The standard InChI is InChI=1S/C35H30ClNO3/c1-39-33-23-27(21-22-32(33)40-25-26-13-5-2-6-14-26)24-37(35(38)30-19-11-12-20-31(30)36)34(28-15-7-3-8-16-28)29-17-9-4-10-18-29/h2-23,34H,24-25H2,1H3. The Morgan fingerprint density at radius 1 is 0.700 bits per heavy atom. The van der Waals surface area contributed by atoms with Gasteiger partial charge in [-0.05, 0) is 46.5 Å². The van der Waals surface area contributed by atoms with E-state index in [1.807, 2.05) is 126 Å². The van der Waals surface area contributed by atoms with E-state index in [-0.39, 0.29) is 11.9 Å². The molecular weight excluding hydrogens is 518 g/mol. The average Bonchev–Trinajstić information content (AvgIpc) is 3.01. The quantitative estimate of drug-likeness (QED) is 0.176. The number of amides is 1. The van der Waals surface area contributed by atoms with Crippen molar-refractivity contribution < 1.29 is 14.3 Å². The van der Waals surface area contributed by atoms with Crippen LogP contribution in [0.5, 0.6) is 11.5 Å². The van der Waals surface area contributed by atoms with E-state index in [1.54, 1.807) is 19.2 Å². The zero-order chi connectivity index (χ0) is 27.7. The molecule has 5 rings (SSSR count). The zero-order valence-corrected chi connectivity index (χ0v) is 23.0. The van der Waals surface area contributed by atoms with Crippen molar-refractivity contribution in [1.82, 2.24) is 4.90 Å². The first kappa shape index (κ1) is 27.0. The molecule has 0 fully saturated rings. The molecule has 0 heterocycles. The summed E-state index contributed by atoms with van der Waals surface area (Å²) in [6.45, 7) is 0.756. The molecule has 200 valence electrons. The maximum atomic E-state index is 14.2. The lowest BCUT2D eigenvalue weighted by molar-refractivity contribution is 0.0690. The van der Waals surface area contributed by atoms with Crippen molar-refractivity contribution in [3.05, 3.63) is 166 Å². The number of nitrogens with zero attached hydrogens (tertiary/aromatic N) is 1. The molecule has 0 saturated carbocycles. The number of carbonyl (C=O) groups excluding carboxylic acids is 1.